The fourth-order valence-electron chi connectivity index (χ4n) is 8.04. The minimum Gasteiger partial charge on any atom is -0.462 e. The van der Waals surface area contributed by atoms with Crippen molar-refractivity contribution in [2.24, 2.45) is 0 Å². The number of allylic oxidation sites excluding steroid dienone is 17. The van der Waals surface area contributed by atoms with Gasteiger partial charge in [-0.05, 0) is 89.9 Å². The molecule has 70 heavy (non-hydrogen) atoms. The summed E-state index contributed by atoms with van der Waals surface area (Å²) in [6, 6.07) is 0. The lowest BCUT2D eigenvalue weighted by Gasteiger charge is -2.18. The average molecular weight is 972 g/mol. The maximum atomic E-state index is 12.9. The van der Waals surface area contributed by atoms with Gasteiger partial charge in [-0.25, -0.2) is 0 Å². The summed E-state index contributed by atoms with van der Waals surface area (Å²) in [4.78, 5) is 25.6. The number of hydrogen-bond acceptors (Lipinski definition) is 5. The first-order valence-corrected chi connectivity index (χ1v) is 29.4. The molecule has 0 aliphatic carbocycles. The molecule has 1 atom stereocenters. The van der Waals surface area contributed by atoms with Gasteiger partial charge in [-0.3, -0.25) is 9.59 Å². The van der Waals surface area contributed by atoms with Crippen LogP contribution in [0.15, 0.2) is 109 Å². The summed E-state index contributed by atoms with van der Waals surface area (Å²) in [6.45, 7) is 7.40. The number of carbonyl (C=O) groups is 2. The third-order valence-corrected chi connectivity index (χ3v) is 12.3. The molecule has 0 fully saturated rings. The summed E-state index contributed by atoms with van der Waals surface area (Å²) in [5.41, 5.74) is 0. The van der Waals surface area contributed by atoms with Crippen molar-refractivity contribution in [3.8, 4) is 0 Å². The van der Waals surface area contributed by atoms with E-state index in [2.05, 4.69) is 130 Å². The Labute approximate surface area is 434 Å². The molecule has 0 radical (unpaired) electrons. The highest BCUT2D eigenvalue weighted by Crippen LogP contribution is 2.16. The second-order valence-corrected chi connectivity index (χ2v) is 19.1. The Bertz CT molecular complexity index is 1380. The van der Waals surface area contributed by atoms with E-state index in [0.29, 0.717) is 19.4 Å². The van der Waals surface area contributed by atoms with Gasteiger partial charge < -0.3 is 14.2 Å². The van der Waals surface area contributed by atoms with E-state index in [1.54, 1.807) is 0 Å². The molecule has 0 N–H and O–H groups in total. The Morgan fingerprint density at radius 2 is 0.643 bits per heavy atom. The van der Waals surface area contributed by atoms with Crippen LogP contribution in [0.25, 0.3) is 0 Å². The van der Waals surface area contributed by atoms with Crippen LogP contribution in [0.5, 0.6) is 0 Å². The minimum absolute atomic E-state index is 0.0444. The molecule has 5 nitrogen and oxygen atoms in total. The first-order chi connectivity index (χ1) is 34.6. The summed E-state index contributed by atoms with van der Waals surface area (Å²) in [7, 11) is 0. The van der Waals surface area contributed by atoms with Crippen molar-refractivity contribution in [2.75, 3.05) is 19.8 Å². The largest absolute Gasteiger partial charge is 0.462 e. The fourth-order valence-corrected chi connectivity index (χ4v) is 8.04. The van der Waals surface area contributed by atoms with Crippen LogP contribution in [0.1, 0.15) is 265 Å². The van der Waals surface area contributed by atoms with E-state index < -0.39 is 6.10 Å². The number of rotatable bonds is 53. The van der Waals surface area contributed by atoms with E-state index in [1.165, 1.54) is 122 Å². The molecule has 0 saturated carbocycles. The van der Waals surface area contributed by atoms with E-state index >= 15 is 0 Å². The first kappa shape index (κ1) is 66.6. The molecule has 0 bridgehead atoms. The lowest BCUT2D eigenvalue weighted by molar-refractivity contribution is -0.162. The molecule has 0 rings (SSSR count). The van der Waals surface area contributed by atoms with E-state index in [4.69, 9.17) is 14.2 Å². The van der Waals surface area contributed by atoms with E-state index in [1.807, 2.05) is 0 Å². The van der Waals surface area contributed by atoms with Crippen molar-refractivity contribution in [3.63, 3.8) is 0 Å². The average Bonchev–Trinajstić information content (AvgIpc) is 3.36. The lowest BCUT2D eigenvalue weighted by Crippen LogP contribution is -2.30. The van der Waals surface area contributed by atoms with Crippen molar-refractivity contribution in [1.29, 1.82) is 0 Å². The third kappa shape index (κ3) is 57.1. The molecule has 0 saturated heterocycles. The number of unbranched alkanes of at least 4 members (excludes halogenated alkanes) is 24. The highest BCUT2D eigenvalue weighted by atomic mass is 16.6. The highest BCUT2D eigenvalue weighted by Gasteiger charge is 2.17. The molecule has 5 heteroatoms. The summed E-state index contributed by atoms with van der Waals surface area (Å²) in [6.07, 6.45) is 82.8. The maximum absolute atomic E-state index is 12.9. The Morgan fingerprint density at radius 3 is 1.03 bits per heavy atom. The molecule has 0 aliphatic rings. The molecule has 0 aromatic heterocycles. The molecule has 0 heterocycles. The maximum Gasteiger partial charge on any atom is 0.306 e. The molecule has 0 spiro atoms. The van der Waals surface area contributed by atoms with Crippen LogP contribution in [0, 0.1) is 0 Å². The monoisotopic (exact) mass is 971 g/mol. The van der Waals surface area contributed by atoms with Gasteiger partial charge in [0.15, 0.2) is 6.10 Å². The van der Waals surface area contributed by atoms with E-state index in [9.17, 15) is 9.59 Å². The van der Waals surface area contributed by atoms with Crippen molar-refractivity contribution >= 4 is 11.9 Å². The van der Waals surface area contributed by atoms with Crippen molar-refractivity contribution < 1.29 is 23.8 Å². The van der Waals surface area contributed by atoms with Crippen molar-refractivity contribution in [3.05, 3.63) is 109 Å². The lowest BCUT2D eigenvalue weighted by atomic mass is 10.0. The van der Waals surface area contributed by atoms with E-state index in [-0.39, 0.29) is 25.2 Å². The summed E-state index contributed by atoms with van der Waals surface area (Å²) < 4.78 is 17.4. The van der Waals surface area contributed by atoms with Crippen LogP contribution in [0.2, 0.25) is 0 Å². The van der Waals surface area contributed by atoms with Gasteiger partial charge in [0.25, 0.3) is 0 Å². The quantitative estimate of drug-likeness (QED) is 0.0345. The second kappa shape index (κ2) is 59.9. The second-order valence-electron chi connectivity index (χ2n) is 19.1. The van der Waals surface area contributed by atoms with Crippen LogP contribution < -0.4 is 0 Å². The Kier molecular flexibility index (Phi) is 56.9. The van der Waals surface area contributed by atoms with Crippen LogP contribution in [0.4, 0.5) is 0 Å². The van der Waals surface area contributed by atoms with Crippen LogP contribution >= 0.6 is 0 Å². The van der Waals surface area contributed by atoms with Gasteiger partial charge in [0.1, 0.15) is 6.61 Å². The summed E-state index contributed by atoms with van der Waals surface area (Å²) in [5.74, 6) is -0.450. The van der Waals surface area contributed by atoms with Gasteiger partial charge >= 0.3 is 11.9 Å². The van der Waals surface area contributed by atoms with Gasteiger partial charge in [-0.15, -0.1) is 0 Å². The molecule has 400 valence electrons. The highest BCUT2D eigenvalue weighted by molar-refractivity contribution is 5.70. The Hall–Kier alpha value is -3.44. The van der Waals surface area contributed by atoms with Gasteiger partial charge in [0, 0.05) is 12.8 Å². The molecular formula is C65H110O5. The fraction of sp³-hybridized carbons (Fsp3) is 0.692. The molecule has 1 unspecified atom stereocenters. The van der Waals surface area contributed by atoms with Gasteiger partial charge in [-0.2, -0.15) is 0 Å². The minimum atomic E-state index is -0.588. The topological polar surface area (TPSA) is 61.8 Å². The number of carbonyl (C=O) groups excluding carboxylic acids is 2. The molecular weight excluding hydrogens is 861 g/mol. The first-order valence-electron chi connectivity index (χ1n) is 29.4. The van der Waals surface area contributed by atoms with Gasteiger partial charge in [-0.1, -0.05) is 271 Å². The van der Waals surface area contributed by atoms with E-state index in [0.717, 1.165) is 109 Å². The molecule has 0 aromatic carbocycles. The SMILES string of the molecule is CC/C=C\C/C=C\C/C=C\C/C=C\C/C=C\CCOCC(COC(=O)CCCCCCCC/C=C\C/C=C\C/C=C\C/C=C\CC)OC(=O)CCCCCCCCCCCCCCCCCCCCC. The van der Waals surface area contributed by atoms with Gasteiger partial charge in [0.05, 0.1) is 13.2 Å². The Balaban J connectivity index is 4.38. The molecule has 0 aromatic rings. The van der Waals surface area contributed by atoms with Crippen molar-refractivity contribution in [1.82, 2.24) is 0 Å². The zero-order valence-electron chi connectivity index (χ0n) is 46.0. The number of hydrogen-bond donors (Lipinski definition) is 0. The van der Waals surface area contributed by atoms with Crippen molar-refractivity contribution in [2.45, 2.75) is 271 Å². The predicted molar refractivity (Wildman–Crippen MR) is 306 cm³/mol. The van der Waals surface area contributed by atoms with Crippen LogP contribution in [-0.4, -0.2) is 37.9 Å². The summed E-state index contributed by atoms with van der Waals surface area (Å²) >= 11 is 0. The molecule has 0 amide bonds. The van der Waals surface area contributed by atoms with Crippen LogP contribution in [-0.2, 0) is 23.8 Å². The van der Waals surface area contributed by atoms with Crippen LogP contribution in [0.3, 0.4) is 0 Å². The normalized spacial score (nSPS) is 13.0. The smallest absolute Gasteiger partial charge is 0.306 e. The van der Waals surface area contributed by atoms with Gasteiger partial charge in [0.2, 0.25) is 0 Å². The summed E-state index contributed by atoms with van der Waals surface area (Å²) in [5, 5.41) is 0. The molecule has 0 aliphatic heterocycles. The third-order valence-electron chi connectivity index (χ3n) is 12.3. The zero-order chi connectivity index (χ0) is 50.6. The zero-order valence-corrected chi connectivity index (χ0v) is 46.0. The predicted octanol–water partition coefficient (Wildman–Crippen LogP) is 20.3. The number of ether oxygens (including phenoxy) is 3. The standard InChI is InChI=1S/C65H110O5/c1-4-7-10-13-16-19-22-25-28-31-33-35-37-40-43-46-49-52-55-58-64(66)69-62-63(61-68-60-57-54-51-48-45-42-39-30-27-24-21-18-15-12-9-6-3)70-65(67)59-56-53-50-47-44-41-38-36-34-32-29-26-23-20-17-14-11-8-5-2/h7,9-10,12,16,18-19,21,25,27-28,30,33,35,42,45,51,54,63H,4-6,8,11,13-15,17,20,22-24,26,29,31-32,34,36-41,43-44,46-50,52-53,55-62H2,1-3H3/b10-7-,12-9-,19-16-,21-18-,28-25-,30-27-,35-33-,45-42-,54-51-. The number of esters is 2. The Morgan fingerprint density at radius 1 is 0.329 bits per heavy atom.